The molecule has 0 aliphatic rings. The lowest BCUT2D eigenvalue weighted by Gasteiger charge is -2.23. The first kappa shape index (κ1) is 21.0. The molecule has 2 aromatic rings. The second-order valence-corrected chi connectivity index (χ2v) is 5.95. The number of benzene rings is 2. The van der Waals surface area contributed by atoms with Crippen LogP contribution in [0.2, 0.25) is 0 Å². The number of rotatable bonds is 8. The molecule has 0 heterocycles. The third kappa shape index (κ3) is 6.40. The van der Waals surface area contributed by atoms with Crippen LogP contribution < -0.4 is 15.5 Å². The van der Waals surface area contributed by atoms with Crippen LogP contribution >= 0.6 is 12.4 Å². The number of nitrogens with one attached hydrogen (secondary N) is 2. The molecule has 25 heavy (non-hydrogen) atoms. The third-order valence-corrected chi connectivity index (χ3v) is 4.15. The van der Waals surface area contributed by atoms with E-state index in [-0.39, 0.29) is 24.4 Å². The number of likely N-dealkylation sites (N-methyl/N-ethyl adjacent to an activating group) is 1. The fraction of sp³-hybridized carbons (Fsp3) is 0.350. The van der Waals surface area contributed by atoms with E-state index >= 15 is 0 Å². The monoisotopic (exact) mass is 361 g/mol. The summed E-state index contributed by atoms with van der Waals surface area (Å²) in [5, 5.41) is 6.04. The molecule has 0 radical (unpaired) electrons. The number of hydrogen-bond acceptors (Lipinski definition) is 3. The van der Waals surface area contributed by atoms with Crippen molar-refractivity contribution in [1.82, 2.24) is 10.6 Å². The second kappa shape index (κ2) is 10.7. The summed E-state index contributed by atoms with van der Waals surface area (Å²) in [5.41, 5.74) is 3.10. The van der Waals surface area contributed by atoms with E-state index < -0.39 is 0 Å². The molecule has 0 saturated heterocycles. The fourth-order valence-corrected chi connectivity index (χ4v) is 2.46. The first-order valence-electron chi connectivity index (χ1n) is 8.48. The second-order valence-electron chi connectivity index (χ2n) is 5.95. The summed E-state index contributed by atoms with van der Waals surface area (Å²) < 4.78 is 0. The van der Waals surface area contributed by atoms with Gasteiger partial charge < -0.3 is 15.5 Å². The molecule has 0 spiro atoms. The highest BCUT2D eigenvalue weighted by Crippen LogP contribution is 2.18. The van der Waals surface area contributed by atoms with Crippen LogP contribution in [0.4, 0.5) is 5.69 Å². The van der Waals surface area contributed by atoms with E-state index in [1.54, 1.807) is 0 Å². The molecule has 0 saturated carbocycles. The normalized spacial score (nSPS) is 11.3. The lowest BCUT2D eigenvalue weighted by atomic mass is 10.1. The van der Waals surface area contributed by atoms with E-state index in [0.29, 0.717) is 12.1 Å². The summed E-state index contributed by atoms with van der Waals surface area (Å²) in [4.78, 5) is 14.4. The van der Waals surface area contributed by atoms with Gasteiger partial charge in [0, 0.05) is 36.9 Å². The van der Waals surface area contributed by atoms with Crippen LogP contribution in [0.5, 0.6) is 0 Å². The lowest BCUT2D eigenvalue weighted by Crippen LogP contribution is -2.37. The van der Waals surface area contributed by atoms with Crippen molar-refractivity contribution in [2.24, 2.45) is 0 Å². The zero-order chi connectivity index (χ0) is 17.4. The van der Waals surface area contributed by atoms with Gasteiger partial charge in [-0.05, 0) is 50.7 Å². The molecule has 1 unspecified atom stereocenters. The smallest absolute Gasteiger partial charge is 0.251 e. The molecule has 0 aromatic heterocycles. The quantitative estimate of drug-likeness (QED) is 0.756. The average molecular weight is 362 g/mol. The van der Waals surface area contributed by atoms with Gasteiger partial charge in [-0.25, -0.2) is 0 Å². The predicted molar refractivity (Wildman–Crippen MR) is 108 cm³/mol. The lowest BCUT2D eigenvalue weighted by molar-refractivity contribution is 0.0950. The molecule has 0 aliphatic heterocycles. The van der Waals surface area contributed by atoms with Gasteiger partial charge in [0.1, 0.15) is 0 Å². The van der Waals surface area contributed by atoms with Crippen molar-refractivity contribution in [1.29, 1.82) is 0 Å². The Morgan fingerprint density at radius 1 is 1.08 bits per heavy atom. The number of halogens is 1. The molecule has 2 N–H and O–H groups in total. The van der Waals surface area contributed by atoms with E-state index in [1.807, 2.05) is 44.3 Å². The molecule has 1 atom stereocenters. The van der Waals surface area contributed by atoms with Crippen LogP contribution in [-0.4, -0.2) is 32.1 Å². The Hall–Kier alpha value is -2.04. The number of hydrogen-bond donors (Lipinski definition) is 2. The van der Waals surface area contributed by atoms with Gasteiger partial charge in [-0.15, -0.1) is 12.4 Å². The summed E-state index contributed by atoms with van der Waals surface area (Å²) in [6.07, 6.45) is 0. The molecule has 2 rings (SSSR count). The van der Waals surface area contributed by atoms with Crippen molar-refractivity contribution in [3.05, 3.63) is 65.7 Å². The molecule has 1 amide bonds. The first-order chi connectivity index (χ1) is 11.6. The van der Waals surface area contributed by atoms with Crippen molar-refractivity contribution < 1.29 is 4.79 Å². The van der Waals surface area contributed by atoms with Gasteiger partial charge in [0.25, 0.3) is 5.91 Å². The number of carbonyl (C=O) groups is 1. The van der Waals surface area contributed by atoms with E-state index in [2.05, 4.69) is 46.7 Å². The largest absolute Gasteiger partial charge is 0.367 e. The molecule has 136 valence electrons. The van der Waals surface area contributed by atoms with Crippen molar-refractivity contribution in [3.63, 3.8) is 0 Å². The van der Waals surface area contributed by atoms with Crippen LogP contribution in [0.15, 0.2) is 54.6 Å². The van der Waals surface area contributed by atoms with E-state index in [9.17, 15) is 4.79 Å². The fourth-order valence-electron chi connectivity index (χ4n) is 2.46. The summed E-state index contributed by atoms with van der Waals surface area (Å²) in [5.74, 6) is -0.0326. The standard InChI is InChI=1S/C20H27N3O.ClH/c1-4-23(15-17-8-6-5-7-9-17)19-12-10-18(11-13-19)20(24)22-14-16(2)21-3;/h5-13,16,21H,4,14-15H2,1-3H3,(H,22,24);1H. The maximum atomic E-state index is 12.2. The molecule has 0 bridgehead atoms. The minimum absolute atomic E-state index is 0. The highest BCUT2D eigenvalue weighted by atomic mass is 35.5. The topological polar surface area (TPSA) is 44.4 Å². The van der Waals surface area contributed by atoms with Crippen molar-refractivity contribution in [3.8, 4) is 0 Å². The summed E-state index contributed by atoms with van der Waals surface area (Å²) in [7, 11) is 1.89. The Morgan fingerprint density at radius 2 is 1.72 bits per heavy atom. The summed E-state index contributed by atoms with van der Waals surface area (Å²) in [6.45, 7) is 6.57. The van der Waals surface area contributed by atoms with Crippen LogP contribution in [-0.2, 0) is 6.54 Å². The molecule has 0 fully saturated rings. The molecule has 4 nitrogen and oxygen atoms in total. The Morgan fingerprint density at radius 3 is 2.28 bits per heavy atom. The molecular weight excluding hydrogens is 334 g/mol. The summed E-state index contributed by atoms with van der Waals surface area (Å²) >= 11 is 0. The highest BCUT2D eigenvalue weighted by molar-refractivity contribution is 5.94. The average Bonchev–Trinajstić information content (AvgIpc) is 2.64. The molecular formula is C20H28ClN3O. The molecule has 0 aliphatic carbocycles. The Balaban J connectivity index is 0.00000312. The number of carbonyl (C=O) groups excluding carboxylic acids is 1. The van der Waals surface area contributed by atoms with E-state index in [1.165, 1.54) is 5.56 Å². The van der Waals surface area contributed by atoms with Crippen molar-refractivity contribution in [2.45, 2.75) is 26.4 Å². The van der Waals surface area contributed by atoms with Crippen molar-refractivity contribution in [2.75, 3.05) is 25.0 Å². The van der Waals surface area contributed by atoms with Crippen molar-refractivity contribution >= 4 is 24.0 Å². The van der Waals surface area contributed by atoms with Crippen LogP contribution in [0.1, 0.15) is 29.8 Å². The number of amides is 1. The minimum Gasteiger partial charge on any atom is -0.367 e. The van der Waals surface area contributed by atoms with Gasteiger partial charge in [0.05, 0.1) is 0 Å². The van der Waals surface area contributed by atoms with E-state index in [4.69, 9.17) is 0 Å². The zero-order valence-corrected chi connectivity index (χ0v) is 16.0. The van der Waals surface area contributed by atoms with Gasteiger partial charge in [-0.1, -0.05) is 30.3 Å². The maximum absolute atomic E-state index is 12.2. The Bertz CT molecular complexity index is 631. The van der Waals surface area contributed by atoms with Gasteiger partial charge in [0.2, 0.25) is 0 Å². The van der Waals surface area contributed by atoms with Crippen LogP contribution in [0.3, 0.4) is 0 Å². The Kier molecular flexibility index (Phi) is 9.03. The van der Waals surface area contributed by atoms with Crippen LogP contribution in [0.25, 0.3) is 0 Å². The number of nitrogens with zero attached hydrogens (tertiary/aromatic N) is 1. The molecule has 5 heteroatoms. The SMILES string of the molecule is CCN(Cc1ccccc1)c1ccc(C(=O)NCC(C)NC)cc1.Cl. The number of anilines is 1. The minimum atomic E-state index is -0.0326. The third-order valence-electron chi connectivity index (χ3n) is 4.15. The van der Waals surface area contributed by atoms with Gasteiger partial charge in [-0.3, -0.25) is 4.79 Å². The molecule has 2 aromatic carbocycles. The van der Waals surface area contributed by atoms with E-state index in [0.717, 1.165) is 18.8 Å². The van der Waals surface area contributed by atoms with Crippen LogP contribution in [0, 0.1) is 0 Å². The zero-order valence-electron chi connectivity index (χ0n) is 15.2. The Labute approximate surface area is 157 Å². The predicted octanol–water partition coefficient (Wildman–Crippen LogP) is 3.47. The van der Waals surface area contributed by atoms with Gasteiger partial charge >= 0.3 is 0 Å². The maximum Gasteiger partial charge on any atom is 0.251 e. The highest BCUT2D eigenvalue weighted by Gasteiger charge is 2.09. The van der Waals surface area contributed by atoms with Gasteiger partial charge in [-0.2, -0.15) is 0 Å². The summed E-state index contributed by atoms with van der Waals surface area (Å²) in [6, 6.07) is 18.5. The van der Waals surface area contributed by atoms with Gasteiger partial charge in [0.15, 0.2) is 0 Å². The first-order valence-corrected chi connectivity index (χ1v) is 8.48.